The fourth-order valence-corrected chi connectivity index (χ4v) is 16.9. The Kier molecular flexibility index (Phi) is 21.1. The molecule has 0 amide bonds. The molecule has 0 saturated carbocycles. The molecule has 2 aliphatic heterocycles. The van der Waals surface area contributed by atoms with Crippen LogP contribution in [0.25, 0.3) is 0 Å². The average Bonchev–Trinajstić information content (AvgIpc) is 4.23. The standard InChI is InChI=1S/C58H70O15S4/c1-35(2)46(60)68-23-25-70-48(62)40-15-11-38(12-16-40)33-74-51-42-19-21-57(29-42,76-51)44(37(5)59)31-55(6,7)53(65)72-27-28-73-54(66)56(8,9)32-45(50(64)67-10)58-22-20-43(30-58)52(77-58)75-34-39-13-17-41(18-14-39)49(63)71-26-24-69-47(61)36(3)4/h11-22,42-45,51-52H,1,3,23-34H2,2,4-10H3. The highest BCUT2D eigenvalue weighted by atomic mass is 32.2. The van der Waals surface area contributed by atoms with E-state index in [-0.39, 0.29) is 90.4 Å². The first-order chi connectivity index (χ1) is 36.4. The Morgan fingerprint density at radius 2 is 0.935 bits per heavy atom. The highest BCUT2D eigenvalue weighted by Crippen LogP contribution is 2.63. The van der Waals surface area contributed by atoms with Crippen molar-refractivity contribution in [3.8, 4) is 0 Å². The number of allylic oxidation sites excluding steroid dienone is 2. The first-order valence-corrected chi connectivity index (χ1v) is 29.3. The summed E-state index contributed by atoms with van der Waals surface area (Å²) in [7, 11) is 1.35. The molecule has 416 valence electrons. The Hall–Kier alpha value is -5.24. The summed E-state index contributed by atoms with van der Waals surface area (Å²) >= 11 is 6.99. The third-order valence-corrected chi connectivity index (χ3v) is 20.9. The molecular weight excluding hydrogens is 1060 g/mol. The van der Waals surface area contributed by atoms with Crippen molar-refractivity contribution >= 4 is 94.6 Å². The first kappa shape index (κ1) is 61.0. The molecule has 2 saturated heterocycles. The van der Waals surface area contributed by atoms with Crippen LogP contribution in [0.5, 0.6) is 0 Å². The van der Waals surface area contributed by atoms with E-state index >= 15 is 0 Å². The van der Waals surface area contributed by atoms with Crippen LogP contribution in [0, 0.1) is 34.5 Å². The summed E-state index contributed by atoms with van der Waals surface area (Å²) in [6, 6.07) is 14.3. The molecule has 2 aromatic rings. The predicted octanol–water partition coefficient (Wildman–Crippen LogP) is 10.1. The van der Waals surface area contributed by atoms with Gasteiger partial charge in [-0.15, -0.1) is 47.0 Å². The second kappa shape index (κ2) is 26.6. The molecule has 2 heterocycles. The van der Waals surface area contributed by atoms with E-state index < -0.39 is 73.9 Å². The maximum atomic E-state index is 13.7. The van der Waals surface area contributed by atoms with Gasteiger partial charge in [-0.1, -0.05) is 61.7 Å². The number of esters is 7. The lowest BCUT2D eigenvalue weighted by molar-refractivity contribution is -0.165. The van der Waals surface area contributed by atoms with Gasteiger partial charge in [0.05, 0.1) is 44.1 Å². The number of ether oxygens (including phenoxy) is 7. The van der Waals surface area contributed by atoms with Crippen molar-refractivity contribution in [3.63, 3.8) is 0 Å². The molecule has 77 heavy (non-hydrogen) atoms. The zero-order chi connectivity index (χ0) is 56.3. The SMILES string of the molecule is C=C(C)C(=O)OCCOC(=O)c1ccc(CSC2SC3(C(CC(C)(C)C(=O)OCCOC(=O)C(C)(C)CC(C(=O)OC)C45C=CC(C4)C(SCc4ccc(C(=O)OCCOC(=O)C(=C)C)cc4)S5)C(C)=O)C=CC2C3)cc1. The molecule has 8 atom stereocenters. The average molecular weight is 1140 g/mol. The van der Waals surface area contributed by atoms with Crippen molar-refractivity contribution < 1.29 is 71.5 Å². The van der Waals surface area contributed by atoms with Crippen molar-refractivity contribution in [2.45, 2.75) is 104 Å². The van der Waals surface area contributed by atoms with E-state index in [9.17, 15) is 38.4 Å². The zero-order valence-corrected chi connectivity index (χ0v) is 48.3. The smallest absolute Gasteiger partial charge is 0.338 e. The van der Waals surface area contributed by atoms with Crippen molar-refractivity contribution in [2.75, 3.05) is 46.8 Å². The number of hydrogen-bond acceptors (Lipinski definition) is 19. The normalized spacial score (nSPS) is 22.6. The number of fused-ring (bicyclic) bond motifs is 4. The van der Waals surface area contributed by atoms with Gasteiger partial charge in [0, 0.05) is 38.1 Å². The number of Topliss-reactive ketones (excluding diaryl/α,β-unsaturated/α-hetero) is 1. The van der Waals surface area contributed by atoms with Crippen LogP contribution in [0.3, 0.4) is 0 Å². The van der Waals surface area contributed by atoms with Crippen LogP contribution in [0.2, 0.25) is 0 Å². The molecule has 8 unspecified atom stereocenters. The van der Waals surface area contributed by atoms with Gasteiger partial charge in [0.2, 0.25) is 0 Å². The van der Waals surface area contributed by atoms with Gasteiger partial charge >= 0.3 is 41.8 Å². The summed E-state index contributed by atoms with van der Waals surface area (Å²) in [6.45, 7) is 18.0. The fraction of sp³-hybridized carbons (Fsp3) is 0.517. The van der Waals surface area contributed by atoms with Crippen LogP contribution >= 0.6 is 47.0 Å². The molecule has 6 rings (SSSR count). The third-order valence-electron chi connectivity index (χ3n) is 14.0. The number of hydrogen-bond donors (Lipinski definition) is 0. The lowest BCUT2D eigenvalue weighted by atomic mass is 9.74. The van der Waals surface area contributed by atoms with E-state index in [0.29, 0.717) is 29.1 Å². The Labute approximate surface area is 468 Å². The zero-order valence-electron chi connectivity index (χ0n) is 45.0. The number of benzene rings is 2. The molecule has 0 N–H and O–H groups in total. The minimum Gasteiger partial charge on any atom is -0.469 e. The van der Waals surface area contributed by atoms with Gasteiger partial charge < -0.3 is 33.2 Å². The highest BCUT2D eigenvalue weighted by Gasteiger charge is 2.57. The molecule has 4 aliphatic rings. The van der Waals surface area contributed by atoms with Crippen molar-refractivity contribution in [3.05, 3.63) is 119 Å². The van der Waals surface area contributed by atoms with Gasteiger partial charge in [0.15, 0.2) is 0 Å². The molecule has 19 heteroatoms. The number of ketones is 1. The molecule has 4 bridgehead atoms. The van der Waals surface area contributed by atoms with E-state index in [1.165, 1.54) is 21.0 Å². The van der Waals surface area contributed by atoms with Gasteiger partial charge in [-0.3, -0.25) is 19.2 Å². The van der Waals surface area contributed by atoms with Crippen LogP contribution in [0.15, 0.2) is 97.1 Å². The van der Waals surface area contributed by atoms with Crippen LogP contribution in [0.4, 0.5) is 0 Å². The van der Waals surface area contributed by atoms with Gasteiger partial charge in [0.25, 0.3) is 0 Å². The third kappa shape index (κ3) is 15.7. The summed E-state index contributed by atoms with van der Waals surface area (Å²) in [5, 5.41) is 0. The van der Waals surface area contributed by atoms with E-state index in [2.05, 4.69) is 37.5 Å². The largest absolute Gasteiger partial charge is 0.469 e. The molecule has 15 nitrogen and oxygen atoms in total. The van der Waals surface area contributed by atoms with Crippen molar-refractivity contribution in [1.82, 2.24) is 0 Å². The molecule has 0 radical (unpaired) electrons. The van der Waals surface area contributed by atoms with Gasteiger partial charge in [-0.2, -0.15) is 0 Å². The Balaban J connectivity index is 0.935. The minimum absolute atomic E-state index is 0.0101. The van der Waals surface area contributed by atoms with Crippen LogP contribution in [-0.4, -0.2) is 113 Å². The first-order valence-electron chi connectivity index (χ1n) is 25.5. The second-order valence-electron chi connectivity index (χ2n) is 21.1. The summed E-state index contributed by atoms with van der Waals surface area (Å²) in [5.74, 6) is -2.94. The Morgan fingerprint density at radius 3 is 1.31 bits per heavy atom. The predicted molar refractivity (Wildman–Crippen MR) is 299 cm³/mol. The summed E-state index contributed by atoms with van der Waals surface area (Å²) in [6.07, 6.45) is 10.4. The van der Waals surface area contributed by atoms with Crippen LogP contribution < -0.4 is 0 Å². The molecular formula is C58H70O15S4. The number of thioether (sulfide) groups is 4. The van der Waals surface area contributed by atoms with Gasteiger partial charge in [-0.05, 0) is 121 Å². The molecule has 0 spiro atoms. The lowest BCUT2D eigenvalue weighted by Gasteiger charge is -2.37. The molecule has 2 fully saturated rings. The fourth-order valence-electron chi connectivity index (χ4n) is 9.62. The number of carbonyl (C=O) groups excluding carboxylic acids is 8. The summed E-state index contributed by atoms with van der Waals surface area (Å²) < 4.78 is 36.4. The lowest BCUT2D eigenvalue weighted by Crippen LogP contribution is -2.42. The monoisotopic (exact) mass is 1130 g/mol. The van der Waals surface area contributed by atoms with Gasteiger partial charge in [-0.25, -0.2) is 19.2 Å². The molecule has 0 aromatic heterocycles. The molecule has 2 aromatic carbocycles. The maximum absolute atomic E-state index is 13.7. The van der Waals surface area contributed by atoms with E-state index in [1.807, 2.05) is 24.3 Å². The minimum atomic E-state index is -1.10. The quantitative estimate of drug-likeness (QED) is 0.0245. The summed E-state index contributed by atoms with van der Waals surface area (Å²) in [4.78, 5) is 102. The second-order valence-corrected chi connectivity index (χ2v) is 27.0. The van der Waals surface area contributed by atoms with Crippen molar-refractivity contribution in [1.29, 1.82) is 0 Å². The van der Waals surface area contributed by atoms with Crippen LogP contribution in [-0.2, 0) is 73.4 Å². The Bertz CT molecular complexity index is 2620. The maximum Gasteiger partial charge on any atom is 0.338 e. The molecule has 2 aliphatic carbocycles. The number of methoxy groups -OCH3 is 1. The van der Waals surface area contributed by atoms with Crippen LogP contribution in [0.1, 0.15) is 106 Å². The number of carbonyl (C=O) groups is 8. The summed E-state index contributed by atoms with van der Waals surface area (Å²) in [5.41, 5.74) is 1.17. The van der Waals surface area contributed by atoms with E-state index in [0.717, 1.165) is 17.5 Å². The topological polar surface area (TPSA) is 201 Å². The van der Waals surface area contributed by atoms with Gasteiger partial charge in [0.1, 0.15) is 45.4 Å². The van der Waals surface area contributed by atoms with Crippen molar-refractivity contribution in [2.24, 2.45) is 34.5 Å². The van der Waals surface area contributed by atoms with E-state index in [4.69, 9.17) is 33.2 Å². The Morgan fingerprint density at radius 1 is 0.571 bits per heavy atom. The van der Waals surface area contributed by atoms with E-state index in [1.54, 1.807) is 106 Å². The number of rotatable bonds is 29. The highest BCUT2D eigenvalue weighted by molar-refractivity contribution is 8.18.